The fraction of sp³-hybridized carbons (Fsp3) is 0.857. The molecule has 0 aromatic carbocycles. The highest BCUT2D eigenvalue weighted by molar-refractivity contribution is 5.75. The van der Waals surface area contributed by atoms with Crippen molar-refractivity contribution >= 4 is 12.0 Å². The average molecular weight is 286 g/mol. The molecule has 2 amide bonds. The third kappa shape index (κ3) is 4.67. The molecular formula is C14H26N2O4. The number of nitrogens with zero attached hydrogens (tertiary/aromatic N) is 2. The summed E-state index contributed by atoms with van der Waals surface area (Å²) in [5, 5.41) is 18.5. The minimum absolute atomic E-state index is 0.0211. The monoisotopic (exact) mass is 286 g/mol. The Morgan fingerprint density at radius 3 is 2.55 bits per heavy atom. The second-order valence-electron chi connectivity index (χ2n) is 5.85. The van der Waals surface area contributed by atoms with Crippen LogP contribution in [0, 0.1) is 5.92 Å². The predicted molar refractivity (Wildman–Crippen MR) is 75.5 cm³/mol. The normalized spacial score (nSPS) is 22.9. The van der Waals surface area contributed by atoms with E-state index in [9.17, 15) is 14.7 Å². The summed E-state index contributed by atoms with van der Waals surface area (Å²) >= 11 is 0. The first-order valence-corrected chi connectivity index (χ1v) is 7.28. The number of β-amino-alcohol motifs (C(OH)–C–C–N with tert-alkyl or cyclic N) is 1. The Labute approximate surface area is 120 Å². The summed E-state index contributed by atoms with van der Waals surface area (Å²) in [7, 11) is 0. The van der Waals surface area contributed by atoms with E-state index in [4.69, 9.17) is 5.11 Å². The number of likely N-dealkylation sites (tertiary alicyclic amines) is 1. The van der Waals surface area contributed by atoms with Crippen LogP contribution in [0.1, 0.15) is 40.0 Å². The topological polar surface area (TPSA) is 81.1 Å². The van der Waals surface area contributed by atoms with Gasteiger partial charge in [-0.1, -0.05) is 6.92 Å². The van der Waals surface area contributed by atoms with Gasteiger partial charge in [0.2, 0.25) is 0 Å². The molecule has 1 rings (SSSR count). The van der Waals surface area contributed by atoms with Gasteiger partial charge < -0.3 is 20.0 Å². The predicted octanol–water partition coefficient (Wildman–Crippen LogP) is 1.38. The van der Waals surface area contributed by atoms with Crippen molar-refractivity contribution in [3.63, 3.8) is 0 Å². The second-order valence-corrected chi connectivity index (χ2v) is 5.85. The van der Waals surface area contributed by atoms with E-state index in [0.29, 0.717) is 26.1 Å². The number of carboxylic acids is 1. The van der Waals surface area contributed by atoms with E-state index in [-0.39, 0.29) is 24.4 Å². The van der Waals surface area contributed by atoms with Crippen molar-refractivity contribution in [1.82, 2.24) is 9.80 Å². The largest absolute Gasteiger partial charge is 0.481 e. The van der Waals surface area contributed by atoms with Gasteiger partial charge in [0.15, 0.2) is 0 Å². The van der Waals surface area contributed by atoms with Crippen LogP contribution in [0.2, 0.25) is 0 Å². The number of aliphatic hydroxyl groups is 1. The van der Waals surface area contributed by atoms with E-state index in [1.807, 2.05) is 20.8 Å². The van der Waals surface area contributed by atoms with Crippen molar-refractivity contribution in [2.24, 2.45) is 5.92 Å². The smallest absolute Gasteiger partial charge is 0.320 e. The molecule has 0 spiro atoms. The number of rotatable bonds is 5. The molecule has 0 bridgehead atoms. The molecule has 0 aromatic heterocycles. The fourth-order valence-corrected chi connectivity index (χ4v) is 2.38. The van der Waals surface area contributed by atoms with Crippen molar-refractivity contribution in [2.75, 3.05) is 19.6 Å². The number of carboxylic acid groups (broad SMARTS) is 1. The van der Waals surface area contributed by atoms with Crippen LogP contribution in [0.3, 0.4) is 0 Å². The molecule has 1 heterocycles. The summed E-state index contributed by atoms with van der Waals surface area (Å²) in [6.07, 6.45) is 0.844. The minimum atomic E-state index is -0.844. The maximum atomic E-state index is 12.5. The van der Waals surface area contributed by atoms with Gasteiger partial charge in [-0.15, -0.1) is 0 Å². The van der Waals surface area contributed by atoms with Crippen LogP contribution in [0.5, 0.6) is 0 Å². The zero-order valence-electron chi connectivity index (χ0n) is 12.6. The number of piperidine rings is 1. The van der Waals surface area contributed by atoms with Gasteiger partial charge in [-0.2, -0.15) is 0 Å². The van der Waals surface area contributed by atoms with Crippen LogP contribution in [0.25, 0.3) is 0 Å². The summed E-state index contributed by atoms with van der Waals surface area (Å²) < 4.78 is 0. The van der Waals surface area contributed by atoms with Gasteiger partial charge in [-0.3, -0.25) is 4.79 Å². The lowest BCUT2D eigenvalue weighted by Gasteiger charge is -2.38. The molecule has 0 aliphatic carbocycles. The lowest BCUT2D eigenvalue weighted by molar-refractivity contribution is -0.137. The Kier molecular flexibility index (Phi) is 6.26. The molecule has 1 saturated heterocycles. The summed E-state index contributed by atoms with van der Waals surface area (Å²) in [4.78, 5) is 26.4. The van der Waals surface area contributed by atoms with Crippen molar-refractivity contribution in [2.45, 2.75) is 52.2 Å². The quantitative estimate of drug-likeness (QED) is 0.800. The summed E-state index contributed by atoms with van der Waals surface area (Å²) in [6, 6.07) is -0.0795. The SMILES string of the molecule is CC1CCN(C(=O)N(CCCC(=O)O)C(C)C)CC1O. The maximum Gasteiger partial charge on any atom is 0.320 e. The van der Waals surface area contributed by atoms with Gasteiger partial charge in [0.05, 0.1) is 6.10 Å². The number of aliphatic hydroxyl groups excluding tert-OH is 1. The highest BCUT2D eigenvalue weighted by Crippen LogP contribution is 2.19. The summed E-state index contributed by atoms with van der Waals surface area (Å²) in [6.45, 7) is 7.27. The molecule has 1 aliphatic rings. The molecule has 0 radical (unpaired) electrons. The van der Waals surface area contributed by atoms with Crippen LogP contribution in [-0.2, 0) is 4.79 Å². The molecule has 0 saturated carbocycles. The average Bonchev–Trinajstić information content (AvgIpc) is 2.36. The van der Waals surface area contributed by atoms with Crippen LogP contribution >= 0.6 is 0 Å². The third-order valence-electron chi connectivity index (χ3n) is 3.85. The van der Waals surface area contributed by atoms with Gasteiger partial charge in [0, 0.05) is 32.1 Å². The van der Waals surface area contributed by atoms with Gasteiger partial charge in [0.1, 0.15) is 0 Å². The molecule has 6 nitrogen and oxygen atoms in total. The number of hydrogen-bond acceptors (Lipinski definition) is 3. The summed E-state index contributed by atoms with van der Waals surface area (Å²) in [5.41, 5.74) is 0. The third-order valence-corrected chi connectivity index (χ3v) is 3.85. The lowest BCUT2D eigenvalue weighted by atomic mass is 9.96. The Hall–Kier alpha value is -1.30. The zero-order chi connectivity index (χ0) is 15.3. The number of urea groups is 1. The van der Waals surface area contributed by atoms with Crippen LogP contribution < -0.4 is 0 Å². The Morgan fingerprint density at radius 1 is 1.40 bits per heavy atom. The number of carbonyl (C=O) groups excluding carboxylic acids is 1. The molecule has 2 unspecified atom stereocenters. The Bertz CT molecular complexity index is 346. The van der Waals surface area contributed by atoms with Crippen LogP contribution in [0.4, 0.5) is 4.79 Å². The highest BCUT2D eigenvalue weighted by atomic mass is 16.4. The van der Waals surface area contributed by atoms with E-state index in [1.165, 1.54) is 0 Å². The van der Waals surface area contributed by atoms with Crippen molar-refractivity contribution in [3.8, 4) is 0 Å². The molecule has 116 valence electrons. The summed E-state index contributed by atoms with van der Waals surface area (Å²) in [5.74, 6) is -0.623. The first-order chi connectivity index (χ1) is 9.32. The van der Waals surface area contributed by atoms with Gasteiger partial charge in [0.25, 0.3) is 0 Å². The molecule has 2 N–H and O–H groups in total. The zero-order valence-corrected chi connectivity index (χ0v) is 12.6. The molecule has 20 heavy (non-hydrogen) atoms. The number of hydrogen-bond donors (Lipinski definition) is 2. The van der Waals surface area contributed by atoms with E-state index in [2.05, 4.69) is 0 Å². The lowest BCUT2D eigenvalue weighted by Crippen LogP contribution is -2.52. The molecular weight excluding hydrogens is 260 g/mol. The second kappa shape index (κ2) is 7.47. The molecule has 0 aromatic rings. The first kappa shape index (κ1) is 16.8. The highest BCUT2D eigenvalue weighted by Gasteiger charge is 2.30. The Balaban J connectivity index is 2.57. The number of amides is 2. The molecule has 6 heteroatoms. The van der Waals surface area contributed by atoms with Gasteiger partial charge >= 0.3 is 12.0 Å². The molecule has 1 aliphatic heterocycles. The molecule has 1 fully saturated rings. The van der Waals surface area contributed by atoms with Crippen LogP contribution in [-0.4, -0.2) is 63.8 Å². The first-order valence-electron chi connectivity index (χ1n) is 7.28. The minimum Gasteiger partial charge on any atom is -0.481 e. The van der Waals surface area contributed by atoms with Gasteiger partial charge in [-0.05, 0) is 32.6 Å². The van der Waals surface area contributed by atoms with E-state index in [1.54, 1.807) is 9.80 Å². The van der Waals surface area contributed by atoms with Gasteiger partial charge in [-0.25, -0.2) is 4.79 Å². The van der Waals surface area contributed by atoms with Crippen molar-refractivity contribution in [3.05, 3.63) is 0 Å². The standard InChI is InChI=1S/C14H26N2O4/c1-10(2)16(7-4-5-13(18)19)14(20)15-8-6-11(3)12(17)9-15/h10-12,17H,4-9H2,1-3H3,(H,18,19). The number of carbonyl (C=O) groups is 2. The van der Waals surface area contributed by atoms with E-state index >= 15 is 0 Å². The van der Waals surface area contributed by atoms with Crippen LogP contribution in [0.15, 0.2) is 0 Å². The molecule has 2 atom stereocenters. The fourth-order valence-electron chi connectivity index (χ4n) is 2.38. The number of aliphatic carboxylic acids is 1. The Morgan fingerprint density at radius 2 is 2.05 bits per heavy atom. The van der Waals surface area contributed by atoms with Crippen molar-refractivity contribution < 1.29 is 19.8 Å². The maximum absolute atomic E-state index is 12.5. The van der Waals surface area contributed by atoms with E-state index < -0.39 is 12.1 Å². The van der Waals surface area contributed by atoms with Crippen molar-refractivity contribution in [1.29, 1.82) is 0 Å². The van der Waals surface area contributed by atoms with E-state index in [0.717, 1.165) is 6.42 Å².